The van der Waals surface area contributed by atoms with E-state index in [0.29, 0.717) is 6.04 Å². The summed E-state index contributed by atoms with van der Waals surface area (Å²) in [7, 11) is -1.78. The van der Waals surface area contributed by atoms with Crippen LogP contribution in [0.4, 0.5) is 5.69 Å². The van der Waals surface area contributed by atoms with E-state index >= 15 is 0 Å². The molecular formula is C22H32N2OSi. The average Bonchev–Trinajstić information content (AvgIpc) is 2.62. The first kappa shape index (κ1) is 19.0. The lowest BCUT2D eigenvalue weighted by molar-refractivity contribution is 0.471. The van der Waals surface area contributed by atoms with Crippen molar-refractivity contribution in [2.24, 2.45) is 0 Å². The molecule has 0 amide bonds. The lowest BCUT2D eigenvalue weighted by atomic mass is 10.0. The van der Waals surface area contributed by atoms with Crippen molar-refractivity contribution in [3.05, 3.63) is 60.2 Å². The van der Waals surface area contributed by atoms with Gasteiger partial charge >= 0.3 is 0 Å². The van der Waals surface area contributed by atoms with Gasteiger partial charge in [-0.15, -0.1) is 0 Å². The molecule has 4 heteroatoms. The maximum absolute atomic E-state index is 6.41. The molecule has 140 valence electrons. The molecule has 2 aromatic rings. The van der Waals surface area contributed by atoms with Crippen molar-refractivity contribution < 1.29 is 4.43 Å². The van der Waals surface area contributed by atoms with E-state index in [2.05, 4.69) is 98.7 Å². The number of nitrogens with one attached hydrogen (secondary N) is 1. The van der Waals surface area contributed by atoms with Crippen LogP contribution in [-0.4, -0.2) is 28.0 Å². The Hall–Kier alpha value is -1.78. The molecule has 1 N–H and O–H groups in total. The van der Waals surface area contributed by atoms with Crippen molar-refractivity contribution in [1.29, 1.82) is 0 Å². The first-order valence-corrected chi connectivity index (χ1v) is 12.5. The van der Waals surface area contributed by atoms with Crippen LogP contribution >= 0.6 is 0 Å². The van der Waals surface area contributed by atoms with Crippen LogP contribution in [0, 0.1) is 0 Å². The van der Waals surface area contributed by atoms with Crippen LogP contribution in [0.2, 0.25) is 18.1 Å². The van der Waals surface area contributed by atoms with Gasteiger partial charge in [-0.1, -0.05) is 51.1 Å². The molecule has 1 atom stereocenters. The highest BCUT2D eigenvalue weighted by Crippen LogP contribution is 2.37. The molecule has 0 unspecified atom stereocenters. The number of nitrogens with zero attached hydrogens (tertiary/aromatic N) is 1. The van der Waals surface area contributed by atoms with Gasteiger partial charge in [0.2, 0.25) is 8.32 Å². The topological polar surface area (TPSA) is 24.5 Å². The molecule has 1 aliphatic rings. The van der Waals surface area contributed by atoms with Crippen LogP contribution < -0.4 is 14.6 Å². The second kappa shape index (κ2) is 7.45. The number of rotatable bonds is 4. The molecule has 0 saturated carbocycles. The van der Waals surface area contributed by atoms with Crippen LogP contribution in [0.3, 0.4) is 0 Å². The highest BCUT2D eigenvalue weighted by atomic mass is 28.4. The molecule has 0 aromatic heterocycles. The summed E-state index contributed by atoms with van der Waals surface area (Å²) in [4.78, 5) is 2.46. The minimum Gasteiger partial charge on any atom is -0.544 e. The highest BCUT2D eigenvalue weighted by Gasteiger charge is 2.38. The minimum absolute atomic E-state index is 0.215. The summed E-state index contributed by atoms with van der Waals surface area (Å²) in [6, 6.07) is 19.8. The number of benzene rings is 2. The zero-order valence-electron chi connectivity index (χ0n) is 16.8. The molecule has 0 bridgehead atoms. The monoisotopic (exact) mass is 368 g/mol. The Balaban J connectivity index is 1.68. The summed E-state index contributed by atoms with van der Waals surface area (Å²) in [5, 5.41) is 3.85. The van der Waals surface area contributed by atoms with Gasteiger partial charge in [0.05, 0.1) is 0 Å². The van der Waals surface area contributed by atoms with E-state index in [1.807, 2.05) is 0 Å². The average molecular weight is 369 g/mol. The Kier molecular flexibility index (Phi) is 5.44. The van der Waals surface area contributed by atoms with E-state index in [1.54, 1.807) is 0 Å². The van der Waals surface area contributed by atoms with Crippen molar-refractivity contribution in [1.82, 2.24) is 5.32 Å². The van der Waals surface area contributed by atoms with Crippen LogP contribution in [0.25, 0.3) is 0 Å². The molecular weight excluding hydrogens is 336 g/mol. The molecule has 1 aliphatic heterocycles. The second-order valence-corrected chi connectivity index (χ2v) is 13.4. The van der Waals surface area contributed by atoms with Gasteiger partial charge < -0.3 is 14.6 Å². The Morgan fingerprint density at radius 2 is 1.65 bits per heavy atom. The van der Waals surface area contributed by atoms with E-state index in [-0.39, 0.29) is 5.04 Å². The van der Waals surface area contributed by atoms with Gasteiger partial charge in [0.25, 0.3) is 0 Å². The third kappa shape index (κ3) is 4.30. The smallest absolute Gasteiger partial charge is 0.250 e. The van der Waals surface area contributed by atoms with Crippen molar-refractivity contribution in [3.8, 4) is 5.75 Å². The van der Waals surface area contributed by atoms with Crippen molar-refractivity contribution >= 4 is 14.0 Å². The predicted molar refractivity (Wildman–Crippen MR) is 114 cm³/mol. The lowest BCUT2D eigenvalue weighted by Gasteiger charge is -2.37. The lowest BCUT2D eigenvalue weighted by Crippen LogP contribution is -2.46. The predicted octanol–water partition coefficient (Wildman–Crippen LogP) is 5.22. The Morgan fingerprint density at radius 3 is 2.27 bits per heavy atom. The van der Waals surface area contributed by atoms with E-state index in [9.17, 15) is 0 Å². The molecule has 26 heavy (non-hydrogen) atoms. The number of hydrogen-bond donors (Lipinski definition) is 1. The van der Waals surface area contributed by atoms with Crippen molar-refractivity contribution in [2.45, 2.75) is 44.9 Å². The molecule has 0 radical (unpaired) electrons. The zero-order valence-corrected chi connectivity index (χ0v) is 17.8. The number of piperazine rings is 1. The normalized spacial score (nSPS) is 18.7. The Morgan fingerprint density at radius 1 is 1.00 bits per heavy atom. The molecule has 2 aromatic carbocycles. The first-order valence-electron chi connectivity index (χ1n) is 9.59. The maximum atomic E-state index is 6.41. The standard InChI is InChI=1S/C22H32N2OSi/c1-22(2,3)26(4,5)25-20-13-11-19(12-14-20)24-16-15-23-21(17-24)18-9-7-6-8-10-18/h6-14,21,23H,15-17H2,1-5H3/t21-/m0/s1. The Labute approximate surface area is 159 Å². The summed E-state index contributed by atoms with van der Waals surface area (Å²) in [5.41, 5.74) is 2.63. The summed E-state index contributed by atoms with van der Waals surface area (Å²) in [6.07, 6.45) is 0. The third-order valence-corrected chi connectivity index (χ3v) is 10.1. The maximum Gasteiger partial charge on any atom is 0.250 e. The Bertz CT molecular complexity index is 707. The van der Waals surface area contributed by atoms with Crippen LogP contribution in [0.15, 0.2) is 54.6 Å². The zero-order chi connectivity index (χ0) is 18.8. The van der Waals surface area contributed by atoms with E-state index in [4.69, 9.17) is 4.43 Å². The van der Waals surface area contributed by atoms with Gasteiger partial charge in [-0.05, 0) is 48.0 Å². The summed E-state index contributed by atoms with van der Waals surface area (Å²) >= 11 is 0. The first-order chi connectivity index (χ1) is 12.3. The molecule has 3 rings (SSSR count). The van der Waals surface area contributed by atoms with Crippen LogP contribution in [-0.2, 0) is 0 Å². The SMILES string of the molecule is CC(C)(C)[Si](C)(C)Oc1ccc(N2CCN[C@H](c3ccccc3)C2)cc1. The minimum atomic E-state index is -1.78. The summed E-state index contributed by atoms with van der Waals surface area (Å²) in [6.45, 7) is 14.4. The van der Waals surface area contributed by atoms with Gasteiger partial charge in [-0.3, -0.25) is 0 Å². The van der Waals surface area contributed by atoms with E-state index in [0.717, 1.165) is 25.4 Å². The molecule has 3 nitrogen and oxygen atoms in total. The largest absolute Gasteiger partial charge is 0.544 e. The molecule has 0 spiro atoms. The highest BCUT2D eigenvalue weighted by molar-refractivity contribution is 6.74. The van der Waals surface area contributed by atoms with Gasteiger partial charge in [0, 0.05) is 31.4 Å². The van der Waals surface area contributed by atoms with Crippen LogP contribution in [0.5, 0.6) is 5.75 Å². The van der Waals surface area contributed by atoms with Gasteiger partial charge in [-0.25, -0.2) is 0 Å². The summed E-state index contributed by atoms with van der Waals surface area (Å²) < 4.78 is 6.41. The number of anilines is 1. The fraction of sp³-hybridized carbons (Fsp3) is 0.455. The molecule has 1 heterocycles. The van der Waals surface area contributed by atoms with Crippen molar-refractivity contribution in [3.63, 3.8) is 0 Å². The number of hydrogen-bond acceptors (Lipinski definition) is 3. The summed E-state index contributed by atoms with van der Waals surface area (Å²) in [5.74, 6) is 0.995. The van der Waals surface area contributed by atoms with E-state index in [1.165, 1.54) is 11.3 Å². The fourth-order valence-corrected chi connectivity index (χ4v) is 4.10. The van der Waals surface area contributed by atoms with Crippen LogP contribution in [0.1, 0.15) is 32.4 Å². The van der Waals surface area contributed by atoms with Crippen molar-refractivity contribution in [2.75, 3.05) is 24.5 Å². The molecule has 0 aliphatic carbocycles. The van der Waals surface area contributed by atoms with Gasteiger partial charge in [0.1, 0.15) is 5.75 Å². The third-order valence-electron chi connectivity index (χ3n) is 5.76. The quantitative estimate of drug-likeness (QED) is 0.749. The molecule has 1 fully saturated rings. The fourth-order valence-electron chi connectivity index (χ4n) is 3.07. The second-order valence-electron chi connectivity index (χ2n) is 8.72. The van der Waals surface area contributed by atoms with E-state index < -0.39 is 8.32 Å². The van der Waals surface area contributed by atoms with Gasteiger partial charge in [-0.2, -0.15) is 0 Å². The molecule has 1 saturated heterocycles. The van der Waals surface area contributed by atoms with Gasteiger partial charge in [0.15, 0.2) is 0 Å².